The molecule has 2 aliphatic rings. The van der Waals surface area contributed by atoms with Gasteiger partial charge >= 0.3 is 0 Å². The first-order chi connectivity index (χ1) is 9.70. The molecule has 0 aliphatic carbocycles. The fourth-order valence-electron chi connectivity index (χ4n) is 3.14. The van der Waals surface area contributed by atoms with Crippen LogP contribution in [0.3, 0.4) is 0 Å². The van der Waals surface area contributed by atoms with Gasteiger partial charge in [0.25, 0.3) is 0 Å². The van der Waals surface area contributed by atoms with Gasteiger partial charge in [-0.2, -0.15) is 0 Å². The van der Waals surface area contributed by atoms with E-state index in [9.17, 15) is 9.59 Å². The van der Waals surface area contributed by atoms with Crippen molar-refractivity contribution >= 4 is 11.8 Å². The second-order valence-electron chi connectivity index (χ2n) is 7.42. The fourth-order valence-corrected chi connectivity index (χ4v) is 3.14. The Labute approximate surface area is 127 Å². The fraction of sp³-hybridized carbons (Fsp3) is 0.750. The van der Waals surface area contributed by atoms with E-state index in [-0.39, 0.29) is 35.2 Å². The van der Waals surface area contributed by atoms with Gasteiger partial charge in [-0.15, -0.1) is 0 Å². The summed E-state index contributed by atoms with van der Waals surface area (Å²) >= 11 is 0. The summed E-state index contributed by atoms with van der Waals surface area (Å²) in [6.45, 7) is 8.77. The third-order valence-corrected chi connectivity index (χ3v) is 4.17. The standard InChI is InChI=1S/C16H27N3O2/c1-11(17)13-7-8-14(20)18-9-5-6-12(10-16(2,3)4)19(18)15(13)21/h5-6,11-13H,7-10,17H2,1-4H3. The zero-order chi connectivity index (χ0) is 15.8. The minimum atomic E-state index is -0.270. The van der Waals surface area contributed by atoms with Crippen LogP contribution in [0.2, 0.25) is 0 Å². The average molecular weight is 293 g/mol. The van der Waals surface area contributed by atoms with Crippen LogP contribution in [-0.2, 0) is 9.59 Å². The van der Waals surface area contributed by atoms with Crippen LogP contribution in [-0.4, -0.2) is 40.5 Å². The molecular weight excluding hydrogens is 266 g/mol. The lowest BCUT2D eigenvalue weighted by molar-refractivity contribution is -0.168. The molecule has 0 aromatic heterocycles. The van der Waals surface area contributed by atoms with Gasteiger partial charge < -0.3 is 5.73 Å². The molecule has 21 heavy (non-hydrogen) atoms. The molecule has 0 aromatic carbocycles. The Balaban J connectivity index is 2.33. The van der Waals surface area contributed by atoms with Crippen LogP contribution in [0.4, 0.5) is 0 Å². The van der Waals surface area contributed by atoms with Crippen LogP contribution in [0.15, 0.2) is 12.2 Å². The van der Waals surface area contributed by atoms with Gasteiger partial charge in [0, 0.05) is 12.5 Å². The smallest absolute Gasteiger partial charge is 0.246 e. The molecule has 0 radical (unpaired) electrons. The number of hydrogen-bond acceptors (Lipinski definition) is 3. The van der Waals surface area contributed by atoms with Crippen molar-refractivity contribution in [2.45, 2.75) is 59.0 Å². The van der Waals surface area contributed by atoms with E-state index in [0.29, 0.717) is 19.4 Å². The highest BCUT2D eigenvalue weighted by atomic mass is 16.2. The average Bonchev–Trinajstić information content (AvgIpc) is 2.47. The van der Waals surface area contributed by atoms with Gasteiger partial charge in [0.1, 0.15) is 0 Å². The Morgan fingerprint density at radius 1 is 1.38 bits per heavy atom. The van der Waals surface area contributed by atoms with Gasteiger partial charge in [0.05, 0.1) is 18.5 Å². The number of rotatable bonds is 2. The highest BCUT2D eigenvalue weighted by Gasteiger charge is 2.41. The topological polar surface area (TPSA) is 66.6 Å². The van der Waals surface area contributed by atoms with Crippen LogP contribution >= 0.6 is 0 Å². The number of carbonyl (C=O) groups excluding carboxylic acids is 2. The monoisotopic (exact) mass is 293 g/mol. The van der Waals surface area contributed by atoms with Gasteiger partial charge in [-0.1, -0.05) is 32.9 Å². The van der Waals surface area contributed by atoms with Crippen LogP contribution in [0.25, 0.3) is 0 Å². The van der Waals surface area contributed by atoms with E-state index >= 15 is 0 Å². The van der Waals surface area contributed by atoms with Crippen molar-refractivity contribution in [3.63, 3.8) is 0 Å². The third kappa shape index (κ3) is 3.46. The first-order valence-corrected chi connectivity index (χ1v) is 7.76. The Hall–Kier alpha value is -1.36. The summed E-state index contributed by atoms with van der Waals surface area (Å²) < 4.78 is 0. The van der Waals surface area contributed by atoms with Crippen LogP contribution in [0.1, 0.15) is 47.0 Å². The molecule has 2 amide bonds. The highest BCUT2D eigenvalue weighted by molar-refractivity contribution is 5.87. The quantitative estimate of drug-likeness (QED) is 0.788. The van der Waals surface area contributed by atoms with E-state index in [1.54, 1.807) is 10.0 Å². The molecular formula is C16H27N3O2. The van der Waals surface area contributed by atoms with Crippen molar-refractivity contribution < 1.29 is 9.59 Å². The number of fused-ring (bicyclic) bond motifs is 1. The van der Waals surface area contributed by atoms with Crippen LogP contribution in [0, 0.1) is 11.3 Å². The molecule has 5 nitrogen and oxygen atoms in total. The van der Waals surface area contributed by atoms with Gasteiger partial charge in [0.15, 0.2) is 0 Å². The van der Waals surface area contributed by atoms with Gasteiger partial charge in [0.2, 0.25) is 11.8 Å². The van der Waals surface area contributed by atoms with Crippen LogP contribution in [0.5, 0.6) is 0 Å². The Bertz CT molecular complexity index is 451. The molecule has 0 saturated carbocycles. The molecule has 0 aromatic rings. The van der Waals surface area contributed by atoms with Gasteiger partial charge in [-0.3, -0.25) is 9.59 Å². The molecule has 0 spiro atoms. The number of hydrogen-bond donors (Lipinski definition) is 1. The van der Waals surface area contributed by atoms with Gasteiger partial charge in [-0.25, -0.2) is 10.0 Å². The van der Waals surface area contributed by atoms with Crippen molar-refractivity contribution in [1.82, 2.24) is 10.0 Å². The molecule has 3 unspecified atom stereocenters. The molecule has 2 heterocycles. The molecule has 0 bridgehead atoms. The molecule has 1 fully saturated rings. The lowest BCUT2D eigenvalue weighted by Crippen LogP contribution is -2.57. The predicted octanol–water partition coefficient (Wildman–Crippen LogP) is 1.69. The van der Waals surface area contributed by atoms with Crippen molar-refractivity contribution in [3.8, 4) is 0 Å². The second-order valence-corrected chi connectivity index (χ2v) is 7.42. The van der Waals surface area contributed by atoms with E-state index < -0.39 is 0 Å². The molecule has 2 aliphatic heterocycles. The number of nitrogens with zero attached hydrogens (tertiary/aromatic N) is 2. The Kier molecular flexibility index (Phi) is 4.42. The highest BCUT2D eigenvalue weighted by Crippen LogP contribution is 2.31. The van der Waals surface area contributed by atoms with Gasteiger partial charge in [-0.05, 0) is 25.2 Å². The molecule has 5 heteroatoms. The van der Waals surface area contributed by atoms with E-state index in [0.717, 1.165) is 6.42 Å². The van der Waals surface area contributed by atoms with Crippen molar-refractivity contribution in [1.29, 1.82) is 0 Å². The number of amides is 2. The minimum Gasteiger partial charge on any atom is -0.327 e. The summed E-state index contributed by atoms with van der Waals surface area (Å²) in [5.41, 5.74) is 6.05. The number of carbonyl (C=O) groups is 2. The second kappa shape index (κ2) is 5.79. The lowest BCUT2D eigenvalue weighted by atomic mass is 9.86. The molecule has 3 atom stereocenters. The number of nitrogens with two attached hydrogens (primary N) is 1. The first kappa shape index (κ1) is 16.0. The predicted molar refractivity (Wildman–Crippen MR) is 81.9 cm³/mol. The summed E-state index contributed by atoms with van der Waals surface area (Å²) in [6, 6.07) is -0.291. The van der Waals surface area contributed by atoms with Crippen molar-refractivity contribution in [2.75, 3.05) is 6.54 Å². The van der Waals surface area contributed by atoms with E-state index in [4.69, 9.17) is 5.73 Å². The third-order valence-electron chi connectivity index (χ3n) is 4.17. The van der Waals surface area contributed by atoms with E-state index in [1.165, 1.54) is 0 Å². The van der Waals surface area contributed by atoms with Crippen molar-refractivity contribution in [2.24, 2.45) is 17.1 Å². The zero-order valence-electron chi connectivity index (χ0n) is 13.5. The summed E-state index contributed by atoms with van der Waals surface area (Å²) in [4.78, 5) is 25.2. The maximum absolute atomic E-state index is 12.9. The summed E-state index contributed by atoms with van der Waals surface area (Å²) in [5.74, 6) is -0.253. The van der Waals surface area contributed by atoms with E-state index in [2.05, 4.69) is 26.8 Å². The summed E-state index contributed by atoms with van der Waals surface area (Å²) in [6.07, 6.45) is 5.81. The Morgan fingerprint density at radius 2 is 2.05 bits per heavy atom. The minimum absolute atomic E-state index is 0.00514. The normalized spacial score (nSPS) is 28.4. The molecule has 2 N–H and O–H groups in total. The first-order valence-electron chi connectivity index (χ1n) is 7.76. The SMILES string of the molecule is CC(N)C1CCC(=O)N2CC=CC(CC(C)(C)C)N2C1=O. The molecule has 2 rings (SSSR count). The van der Waals surface area contributed by atoms with Crippen molar-refractivity contribution in [3.05, 3.63) is 12.2 Å². The Morgan fingerprint density at radius 3 is 2.62 bits per heavy atom. The number of hydrazine groups is 1. The summed E-state index contributed by atoms with van der Waals surface area (Å²) in [5, 5.41) is 3.29. The summed E-state index contributed by atoms with van der Waals surface area (Å²) in [7, 11) is 0. The maximum Gasteiger partial charge on any atom is 0.246 e. The lowest BCUT2D eigenvalue weighted by Gasteiger charge is -2.43. The maximum atomic E-state index is 12.9. The van der Waals surface area contributed by atoms with Crippen LogP contribution < -0.4 is 5.73 Å². The zero-order valence-corrected chi connectivity index (χ0v) is 13.5. The largest absolute Gasteiger partial charge is 0.327 e. The van der Waals surface area contributed by atoms with E-state index in [1.807, 2.05) is 13.0 Å². The molecule has 118 valence electrons. The molecule has 1 saturated heterocycles.